The summed E-state index contributed by atoms with van der Waals surface area (Å²) < 4.78 is 22.2. The summed E-state index contributed by atoms with van der Waals surface area (Å²) in [6.45, 7) is 0. The van der Waals surface area contributed by atoms with Crippen LogP contribution in [0, 0.1) is 5.82 Å². The second kappa shape index (κ2) is 7.98. The number of fused-ring (bicyclic) bond motifs is 2. The van der Waals surface area contributed by atoms with Gasteiger partial charge in [0, 0.05) is 28.1 Å². The number of H-pyrrole nitrogens is 1. The molecule has 7 nitrogen and oxygen atoms in total. The minimum atomic E-state index is -1.30. The maximum atomic E-state index is 15.1. The van der Waals surface area contributed by atoms with Gasteiger partial charge in [-0.05, 0) is 28.5 Å². The number of halogens is 1. The molecule has 0 atom stereocenters. The number of benzene rings is 2. The smallest absolute Gasteiger partial charge is 0.346 e. The third-order valence-corrected chi connectivity index (χ3v) is 7.36. The molecule has 166 valence electrons. The van der Waals surface area contributed by atoms with Crippen LogP contribution in [0.3, 0.4) is 0 Å². The van der Waals surface area contributed by atoms with E-state index in [2.05, 4.69) is 4.98 Å². The summed E-state index contributed by atoms with van der Waals surface area (Å²) in [6, 6.07) is 10.4. The monoisotopic (exact) mass is 482 g/mol. The third kappa shape index (κ3) is 3.43. The summed E-state index contributed by atoms with van der Waals surface area (Å²) >= 11 is 2.40. The fourth-order valence-electron chi connectivity index (χ4n) is 3.87. The summed E-state index contributed by atoms with van der Waals surface area (Å²) in [7, 11) is 1.42. The van der Waals surface area contributed by atoms with Crippen molar-refractivity contribution in [2.45, 2.75) is 6.42 Å². The molecule has 0 aliphatic heterocycles. The first-order valence-electron chi connectivity index (χ1n) is 9.70. The van der Waals surface area contributed by atoms with Crippen molar-refractivity contribution in [3.63, 3.8) is 0 Å². The largest absolute Gasteiger partial charge is 0.496 e. The first kappa shape index (κ1) is 21.1. The summed E-state index contributed by atoms with van der Waals surface area (Å²) in [5, 5.41) is 13.7. The highest BCUT2D eigenvalue weighted by Crippen LogP contribution is 2.32. The number of nitrogens with zero attached hydrogens (tertiary/aromatic N) is 1. The van der Waals surface area contributed by atoms with Crippen molar-refractivity contribution in [2.75, 3.05) is 7.11 Å². The van der Waals surface area contributed by atoms with Crippen molar-refractivity contribution in [3.05, 3.63) is 89.8 Å². The minimum absolute atomic E-state index is 0.0996. The summed E-state index contributed by atoms with van der Waals surface area (Å²) in [4.78, 5) is 39.6. The lowest BCUT2D eigenvalue weighted by molar-refractivity contribution is 0.0704. The predicted molar refractivity (Wildman–Crippen MR) is 126 cm³/mol. The normalized spacial score (nSPS) is 11.3. The quantitative estimate of drug-likeness (QED) is 0.387. The van der Waals surface area contributed by atoms with Crippen molar-refractivity contribution < 1.29 is 19.0 Å². The van der Waals surface area contributed by atoms with Crippen LogP contribution in [0.1, 0.15) is 20.8 Å². The zero-order valence-electron chi connectivity index (χ0n) is 17.0. The molecule has 0 aliphatic rings. The van der Waals surface area contributed by atoms with E-state index in [1.807, 2.05) is 29.6 Å². The standard InChI is InChI=1S/C23H15FN2O5S2/c1-31-17-8-14(24)16(7-11(17)6-12-9-32-18-5-3-2-4-13(12)18)26-21(27)19-15(25-23(26)30)10-33-20(19)22(28)29/h2-5,7-10H,6H2,1H3,(H,25,30)(H,28,29). The van der Waals surface area contributed by atoms with Crippen molar-refractivity contribution in [1.29, 1.82) is 0 Å². The molecule has 0 spiro atoms. The Hall–Kier alpha value is -3.76. The van der Waals surface area contributed by atoms with Gasteiger partial charge < -0.3 is 14.8 Å². The number of carboxylic acid groups (broad SMARTS) is 1. The van der Waals surface area contributed by atoms with Gasteiger partial charge in [0.2, 0.25) is 0 Å². The molecule has 0 saturated carbocycles. The van der Waals surface area contributed by atoms with Crippen LogP contribution in [0.2, 0.25) is 0 Å². The number of thiophene rings is 2. The van der Waals surface area contributed by atoms with Crippen LogP contribution >= 0.6 is 22.7 Å². The van der Waals surface area contributed by atoms with Gasteiger partial charge in [0.1, 0.15) is 10.6 Å². The molecule has 10 heteroatoms. The van der Waals surface area contributed by atoms with Crippen molar-refractivity contribution in [2.24, 2.45) is 0 Å². The number of nitrogens with one attached hydrogen (secondary N) is 1. The average molecular weight is 483 g/mol. The van der Waals surface area contributed by atoms with Gasteiger partial charge in [-0.1, -0.05) is 18.2 Å². The molecule has 0 saturated heterocycles. The number of hydrogen-bond acceptors (Lipinski definition) is 6. The summed E-state index contributed by atoms with van der Waals surface area (Å²) in [5.74, 6) is -1.87. The molecular weight excluding hydrogens is 467 g/mol. The highest BCUT2D eigenvalue weighted by molar-refractivity contribution is 7.17. The lowest BCUT2D eigenvalue weighted by atomic mass is 10.0. The van der Waals surface area contributed by atoms with E-state index in [1.165, 1.54) is 18.6 Å². The molecule has 0 amide bonds. The SMILES string of the molecule is COc1cc(F)c(-n2c(=O)[nH]c3csc(C(=O)O)c3c2=O)cc1Cc1csc2ccccc12. The third-order valence-electron chi connectivity index (χ3n) is 5.38. The Morgan fingerprint density at radius 2 is 1.94 bits per heavy atom. The molecule has 5 aromatic rings. The molecule has 3 aromatic heterocycles. The highest BCUT2D eigenvalue weighted by Gasteiger charge is 2.22. The Balaban J connectivity index is 1.72. The molecule has 0 radical (unpaired) electrons. The van der Waals surface area contributed by atoms with E-state index in [0.29, 0.717) is 16.6 Å². The van der Waals surface area contributed by atoms with Crippen LogP contribution < -0.4 is 16.0 Å². The maximum Gasteiger partial charge on any atom is 0.346 e. The molecule has 33 heavy (non-hydrogen) atoms. The Kier molecular flexibility index (Phi) is 5.10. The van der Waals surface area contributed by atoms with E-state index < -0.39 is 23.0 Å². The van der Waals surface area contributed by atoms with Crippen LogP contribution in [-0.4, -0.2) is 27.7 Å². The lowest BCUT2D eigenvalue weighted by Gasteiger charge is -2.13. The van der Waals surface area contributed by atoms with E-state index >= 15 is 4.39 Å². The van der Waals surface area contributed by atoms with Gasteiger partial charge in [-0.2, -0.15) is 0 Å². The molecule has 0 bridgehead atoms. The predicted octanol–water partition coefficient (Wildman–Crippen LogP) is 4.39. The number of methoxy groups -OCH3 is 1. The van der Waals surface area contributed by atoms with E-state index in [1.54, 1.807) is 11.3 Å². The Morgan fingerprint density at radius 3 is 2.70 bits per heavy atom. The van der Waals surface area contributed by atoms with Crippen LogP contribution in [0.15, 0.2) is 56.7 Å². The van der Waals surface area contributed by atoms with Gasteiger partial charge >= 0.3 is 11.7 Å². The number of aromatic amines is 1. The van der Waals surface area contributed by atoms with Gasteiger partial charge in [-0.3, -0.25) is 4.79 Å². The number of carbonyl (C=O) groups is 1. The average Bonchev–Trinajstić information content (AvgIpc) is 3.40. The van der Waals surface area contributed by atoms with Crippen molar-refractivity contribution in [1.82, 2.24) is 9.55 Å². The fourth-order valence-corrected chi connectivity index (χ4v) is 5.67. The summed E-state index contributed by atoms with van der Waals surface area (Å²) in [5.41, 5.74) is -0.369. The summed E-state index contributed by atoms with van der Waals surface area (Å²) in [6.07, 6.45) is 0.383. The highest BCUT2D eigenvalue weighted by atomic mass is 32.1. The Bertz CT molecular complexity index is 1680. The van der Waals surface area contributed by atoms with E-state index in [-0.39, 0.29) is 27.2 Å². The van der Waals surface area contributed by atoms with Gasteiger partial charge in [0.25, 0.3) is 5.56 Å². The van der Waals surface area contributed by atoms with Crippen LogP contribution in [0.25, 0.3) is 26.7 Å². The zero-order valence-corrected chi connectivity index (χ0v) is 18.7. The van der Waals surface area contributed by atoms with Crippen LogP contribution in [0.5, 0.6) is 5.75 Å². The van der Waals surface area contributed by atoms with Gasteiger partial charge in [-0.15, -0.1) is 22.7 Å². The number of aromatic carboxylic acids is 1. The minimum Gasteiger partial charge on any atom is -0.496 e. The van der Waals surface area contributed by atoms with E-state index in [9.17, 15) is 19.5 Å². The molecule has 0 aliphatic carbocycles. The molecule has 2 N–H and O–H groups in total. The zero-order chi connectivity index (χ0) is 23.3. The number of ether oxygens (including phenoxy) is 1. The van der Waals surface area contributed by atoms with Gasteiger partial charge in [-0.25, -0.2) is 18.5 Å². The second-order valence-electron chi connectivity index (χ2n) is 7.28. The molecule has 2 aromatic carbocycles. The number of rotatable bonds is 5. The van der Waals surface area contributed by atoms with E-state index in [0.717, 1.165) is 33.1 Å². The van der Waals surface area contributed by atoms with Gasteiger partial charge in [0.05, 0.1) is 23.7 Å². The lowest BCUT2D eigenvalue weighted by Crippen LogP contribution is -2.34. The second-order valence-corrected chi connectivity index (χ2v) is 9.07. The van der Waals surface area contributed by atoms with Crippen molar-refractivity contribution in [3.8, 4) is 11.4 Å². The van der Waals surface area contributed by atoms with Crippen molar-refractivity contribution >= 4 is 49.6 Å². The van der Waals surface area contributed by atoms with Gasteiger partial charge in [0.15, 0.2) is 5.82 Å². The Morgan fingerprint density at radius 1 is 1.15 bits per heavy atom. The van der Waals surface area contributed by atoms with Crippen LogP contribution in [-0.2, 0) is 6.42 Å². The topological polar surface area (TPSA) is 101 Å². The number of hydrogen-bond donors (Lipinski definition) is 2. The van der Waals surface area contributed by atoms with E-state index in [4.69, 9.17) is 4.74 Å². The number of carboxylic acids is 1. The molecule has 3 heterocycles. The first-order chi connectivity index (χ1) is 15.9. The van der Waals surface area contributed by atoms with Crippen LogP contribution in [0.4, 0.5) is 4.39 Å². The fraction of sp³-hybridized carbons (Fsp3) is 0.0870. The molecular formula is C23H15FN2O5S2. The first-order valence-corrected chi connectivity index (χ1v) is 11.5. The maximum absolute atomic E-state index is 15.1. The number of aromatic nitrogens is 2. The Labute approximate surface area is 192 Å². The molecule has 5 rings (SSSR count). The molecule has 0 fully saturated rings. The molecule has 0 unspecified atom stereocenters.